The predicted molar refractivity (Wildman–Crippen MR) is 106 cm³/mol. The van der Waals surface area contributed by atoms with Crippen LogP contribution in [0.15, 0.2) is 24.4 Å². The minimum atomic E-state index is -0.817. The molecule has 5 nitrogen and oxygen atoms in total. The van der Waals surface area contributed by atoms with Crippen molar-refractivity contribution in [2.75, 3.05) is 18.4 Å². The summed E-state index contributed by atoms with van der Waals surface area (Å²) in [4.78, 5) is 16.7. The minimum absolute atomic E-state index is 0.00597. The highest BCUT2D eigenvalue weighted by atomic mass is 16.4. The van der Waals surface area contributed by atoms with E-state index in [1.165, 1.54) is 10.9 Å². The van der Waals surface area contributed by atoms with Crippen LogP contribution in [0.3, 0.4) is 0 Å². The first kappa shape index (κ1) is 18.2. The number of carbonyl (C=O) groups is 1. The van der Waals surface area contributed by atoms with Crippen LogP contribution in [0.1, 0.15) is 45.1 Å². The zero-order chi connectivity index (χ0) is 18.9. The van der Waals surface area contributed by atoms with Crippen molar-refractivity contribution in [3.05, 3.63) is 30.0 Å². The van der Waals surface area contributed by atoms with Crippen molar-refractivity contribution in [1.29, 1.82) is 0 Å². The van der Waals surface area contributed by atoms with Crippen molar-refractivity contribution in [3.63, 3.8) is 0 Å². The van der Waals surface area contributed by atoms with Gasteiger partial charge >= 0.3 is 6.09 Å². The van der Waals surface area contributed by atoms with Gasteiger partial charge in [-0.15, -0.1) is 6.42 Å². The quantitative estimate of drug-likeness (QED) is 0.712. The summed E-state index contributed by atoms with van der Waals surface area (Å²) in [6.45, 7) is 7.41. The van der Waals surface area contributed by atoms with Gasteiger partial charge in [0.25, 0.3) is 0 Å². The zero-order valence-electron chi connectivity index (χ0n) is 15.7. The third kappa shape index (κ3) is 3.37. The Morgan fingerprint density at radius 3 is 2.88 bits per heavy atom. The number of amides is 1. The van der Waals surface area contributed by atoms with E-state index in [2.05, 4.69) is 49.3 Å². The molecule has 2 unspecified atom stereocenters. The maximum absolute atomic E-state index is 11.7. The second kappa shape index (κ2) is 6.95. The molecule has 2 aromatic rings. The smallest absolute Gasteiger partial charge is 0.407 e. The Bertz CT molecular complexity index is 841. The van der Waals surface area contributed by atoms with E-state index in [4.69, 9.17) is 6.42 Å². The second-order valence-electron chi connectivity index (χ2n) is 8.11. The van der Waals surface area contributed by atoms with Gasteiger partial charge in [0.1, 0.15) is 0 Å². The molecular formula is C21H27N3O2. The number of likely N-dealkylation sites (tertiary alicyclic amines) is 1. The number of terminal acetylenes is 1. The van der Waals surface area contributed by atoms with E-state index in [1.54, 1.807) is 4.90 Å². The molecule has 1 aliphatic rings. The molecule has 1 aromatic carbocycles. The molecule has 138 valence electrons. The van der Waals surface area contributed by atoms with E-state index >= 15 is 0 Å². The van der Waals surface area contributed by atoms with Crippen LogP contribution in [0, 0.1) is 17.8 Å². The van der Waals surface area contributed by atoms with Crippen molar-refractivity contribution < 1.29 is 9.90 Å². The van der Waals surface area contributed by atoms with Crippen LogP contribution in [0.2, 0.25) is 0 Å². The molecule has 26 heavy (non-hydrogen) atoms. The van der Waals surface area contributed by atoms with E-state index in [-0.39, 0.29) is 11.5 Å². The molecule has 0 radical (unpaired) electrons. The van der Waals surface area contributed by atoms with E-state index in [1.807, 2.05) is 12.1 Å². The first-order valence-corrected chi connectivity index (χ1v) is 9.10. The van der Waals surface area contributed by atoms with Crippen molar-refractivity contribution in [3.8, 4) is 12.3 Å². The Balaban J connectivity index is 1.92. The number of carboxylic acid groups (broad SMARTS) is 1. The Labute approximate surface area is 154 Å². The van der Waals surface area contributed by atoms with Gasteiger partial charge in [-0.05, 0) is 35.8 Å². The highest BCUT2D eigenvalue weighted by Gasteiger charge is 2.39. The van der Waals surface area contributed by atoms with E-state index < -0.39 is 6.09 Å². The third-order valence-corrected chi connectivity index (χ3v) is 5.42. The number of aromatic nitrogens is 1. The molecule has 1 aromatic heterocycles. The Morgan fingerprint density at radius 2 is 2.23 bits per heavy atom. The minimum Gasteiger partial charge on any atom is -0.465 e. The first-order chi connectivity index (χ1) is 12.3. The van der Waals surface area contributed by atoms with Crippen molar-refractivity contribution in [2.24, 2.45) is 5.41 Å². The summed E-state index contributed by atoms with van der Waals surface area (Å²) < 4.78 is 0. The summed E-state index contributed by atoms with van der Waals surface area (Å²) in [6, 6.07) is 6.18. The summed E-state index contributed by atoms with van der Waals surface area (Å²) in [5.74, 6) is 2.94. The second-order valence-corrected chi connectivity index (χ2v) is 8.11. The van der Waals surface area contributed by atoms with Crippen LogP contribution >= 0.6 is 0 Å². The number of hydrogen-bond donors (Lipinski definition) is 3. The molecule has 3 N–H and O–H groups in total. The number of benzene rings is 1. The number of fused-ring (bicyclic) bond motifs is 1. The molecule has 2 atom stereocenters. The van der Waals surface area contributed by atoms with Crippen molar-refractivity contribution >= 4 is 22.7 Å². The monoisotopic (exact) mass is 353 g/mol. The molecule has 1 fully saturated rings. The van der Waals surface area contributed by atoms with Gasteiger partial charge in [-0.1, -0.05) is 38.8 Å². The molecule has 3 rings (SSSR count). The van der Waals surface area contributed by atoms with Crippen LogP contribution in [-0.2, 0) is 0 Å². The maximum atomic E-state index is 11.7. The number of rotatable bonds is 3. The lowest BCUT2D eigenvalue weighted by molar-refractivity contribution is 0.0527. The van der Waals surface area contributed by atoms with Crippen LogP contribution < -0.4 is 5.32 Å². The van der Waals surface area contributed by atoms with Gasteiger partial charge in [0.2, 0.25) is 0 Å². The molecule has 0 spiro atoms. The van der Waals surface area contributed by atoms with Crippen LogP contribution in [0.5, 0.6) is 0 Å². The number of nitrogens with one attached hydrogen (secondary N) is 2. The predicted octanol–water partition coefficient (Wildman–Crippen LogP) is 4.49. The summed E-state index contributed by atoms with van der Waals surface area (Å²) in [5, 5.41) is 14.0. The van der Waals surface area contributed by atoms with Crippen LogP contribution in [0.4, 0.5) is 10.5 Å². The normalized spacial score (nSPS) is 20.8. The number of anilines is 1. The zero-order valence-corrected chi connectivity index (χ0v) is 15.7. The average molecular weight is 353 g/mol. The number of para-hydroxylation sites is 1. The van der Waals surface area contributed by atoms with Crippen LogP contribution in [-0.4, -0.2) is 40.2 Å². The van der Waals surface area contributed by atoms with Crippen molar-refractivity contribution in [2.45, 2.75) is 45.6 Å². The molecular weight excluding hydrogens is 326 g/mol. The summed E-state index contributed by atoms with van der Waals surface area (Å²) in [6.07, 6.45) is 8.30. The molecule has 1 aliphatic heterocycles. The number of aromatic amines is 1. The van der Waals surface area contributed by atoms with Gasteiger partial charge in [-0.25, -0.2) is 4.79 Å². The topological polar surface area (TPSA) is 68.4 Å². The molecule has 2 heterocycles. The number of hydrogen-bond acceptors (Lipinski definition) is 2. The molecule has 0 saturated carbocycles. The van der Waals surface area contributed by atoms with E-state index in [9.17, 15) is 9.90 Å². The fourth-order valence-corrected chi connectivity index (χ4v) is 4.11. The SMILES string of the molecule is C#CCNc1cccc2c(C3CCN(C(=O)O)C(C(C)(C)C)C3)c[nH]c12. The lowest BCUT2D eigenvalue weighted by Gasteiger charge is -2.44. The third-order valence-electron chi connectivity index (χ3n) is 5.42. The molecule has 1 saturated heterocycles. The largest absolute Gasteiger partial charge is 0.465 e. The Kier molecular flexibility index (Phi) is 4.86. The molecule has 1 amide bonds. The molecule has 0 aliphatic carbocycles. The lowest BCUT2D eigenvalue weighted by atomic mass is 9.75. The standard InChI is InChI=1S/C21H27N3O2/c1-5-10-22-17-8-6-7-15-16(13-23-19(15)17)14-9-11-24(20(25)26)18(12-14)21(2,3)4/h1,6-8,13-14,18,22-23H,9-12H2,2-4H3,(H,25,26). The first-order valence-electron chi connectivity index (χ1n) is 9.10. The maximum Gasteiger partial charge on any atom is 0.407 e. The summed E-state index contributed by atoms with van der Waals surface area (Å²) >= 11 is 0. The summed E-state index contributed by atoms with van der Waals surface area (Å²) in [7, 11) is 0. The Morgan fingerprint density at radius 1 is 1.46 bits per heavy atom. The van der Waals surface area contributed by atoms with Gasteiger partial charge in [-0.3, -0.25) is 0 Å². The molecule has 5 heteroatoms. The van der Waals surface area contributed by atoms with Gasteiger partial charge in [0, 0.05) is 24.2 Å². The van der Waals surface area contributed by atoms with Gasteiger partial charge < -0.3 is 20.3 Å². The van der Waals surface area contributed by atoms with E-state index in [0.717, 1.165) is 24.0 Å². The number of piperidine rings is 1. The fourth-order valence-electron chi connectivity index (χ4n) is 4.11. The van der Waals surface area contributed by atoms with Gasteiger partial charge in [-0.2, -0.15) is 0 Å². The molecule has 0 bridgehead atoms. The number of H-pyrrole nitrogens is 1. The Hall–Kier alpha value is -2.61. The summed E-state index contributed by atoms with van der Waals surface area (Å²) in [5.41, 5.74) is 3.24. The van der Waals surface area contributed by atoms with Crippen LogP contribution in [0.25, 0.3) is 10.9 Å². The van der Waals surface area contributed by atoms with Gasteiger partial charge in [0.15, 0.2) is 0 Å². The number of nitrogens with zero attached hydrogens (tertiary/aromatic N) is 1. The van der Waals surface area contributed by atoms with E-state index in [0.29, 0.717) is 19.0 Å². The highest BCUT2D eigenvalue weighted by molar-refractivity contribution is 5.93. The average Bonchev–Trinajstić information content (AvgIpc) is 3.03. The van der Waals surface area contributed by atoms with Crippen molar-refractivity contribution in [1.82, 2.24) is 9.88 Å². The lowest BCUT2D eigenvalue weighted by Crippen LogP contribution is -2.51. The highest BCUT2D eigenvalue weighted by Crippen LogP contribution is 2.41. The van der Waals surface area contributed by atoms with Gasteiger partial charge in [0.05, 0.1) is 17.7 Å². The fraction of sp³-hybridized carbons (Fsp3) is 0.476.